The van der Waals surface area contributed by atoms with Gasteiger partial charge in [-0.15, -0.1) is 0 Å². The lowest BCUT2D eigenvalue weighted by Crippen LogP contribution is -2.39. The summed E-state index contributed by atoms with van der Waals surface area (Å²) < 4.78 is 17.6. The second-order valence-electron chi connectivity index (χ2n) is 8.06. The zero-order chi connectivity index (χ0) is 23.5. The Labute approximate surface area is 201 Å². The number of hydrogen-bond acceptors (Lipinski definition) is 6. The molecule has 2 heterocycles. The van der Waals surface area contributed by atoms with E-state index in [0.29, 0.717) is 36.8 Å². The van der Waals surface area contributed by atoms with Crippen molar-refractivity contribution in [1.82, 2.24) is 4.90 Å². The number of benzene rings is 2. The summed E-state index contributed by atoms with van der Waals surface area (Å²) in [6, 6.07) is 9.91. The molecule has 0 fully saturated rings. The molecule has 8 heteroatoms. The number of halogens is 1. The van der Waals surface area contributed by atoms with Gasteiger partial charge in [-0.05, 0) is 54.0 Å². The van der Waals surface area contributed by atoms with Crippen LogP contribution in [0.5, 0.6) is 17.2 Å². The zero-order valence-corrected chi connectivity index (χ0v) is 20.5. The first-order chi connectivity index (χ1) is 16.0. The Morgan fingerprint density at radius 1 is 1.15 bits per heavy atom. The molecule has 0 aliphatic carbocycles. The zero-order valence-electron chi connectivity index (χ0n) is 18.9. The molecule has 2 aliphatic rings. The van der Waals surface area contributed by atoms with Crippen molar-refractivity contribution < 1.29 is 23.8 Å². The van der Waals surface area contributed by atoms with E-state index < -0.39 is 0 Å². The van der Waals surface area contributed by atoms with E-state index >= 15 is 0 Å². The van der Waals surface area contributed by atoms with E-state index in [1.54, 1.807) is 27.4 Å². The van der Waals surface area contributed by atoms with E-state index in [1.807, 2.05) is 24.3 Å². The average Bonchev–Trinajstić information content (AvgIpc) is 3.24. The highest BCUT2D eigenvalue weighted by molar-refractivity contribution is 9.10. The lowest BCUT2D eigenvalue weighted by molar-refractivity contribution is -0.142. The van der Waals surface area contributed by atoms with Crippen LogP contribution < -0.4 is 19.5 Å². The standard InChI is InChI=1S/C25H27BrN2O5/c1-31-21-10-15(11-22(32-2)25(21)33-3)17(13-24(30)28-9-5-4-6-23(28)29)19-14-27-20-8-7-16(26)12-18(19)20/h4,6-8,10-12,17,19,27H,5,9,13-14H2,1-3H3. The lowest BCUT2D eigenvalue weighted by Gasteiger charge is -2.28. The Bertz CT molecular complexity index is 1080. The van der Waals surface area contributed by atoms with Crippen LogP contribution in [0.1, 0.15) is 35.8 Å². The van der Waals surface area contributed by atoms with Gasteiger partial charge >= 0.3 is 0 Å². The van der Waals surface area contributed by atoms with E-state index in [-0.39, 0.29) is 30.1 Å². The summed E-state index contributed by atoms with van der Waals surface area (Å²) in [6.45, 7) is 1.08. The molecule has 2 atom stereocenters. The summed E-state index contributed by atoms with van der Waals surface area (Å²) in [5, 5.41) is 3.46. The molecule has 0 radical (unpaired) electrons. The molecule has 2 aromatic carbocycles. The summed E-state index contributed by atoms with van der Waals surface area (Å²) in [4.78, 5) is 27.0. The van der Waals surface area contributed by atoms with Crippen molar-refractivity contribution in [3.05, 3.63) is 58.1 Å². The third-order valence-electron chi connectivity index (χ3n) is 6.27. The number of methoxy groups -OCH3 is 3. The number of ether oxygens (including phenoxy) is 3. The fourth-order valence-electron chi connectivity index (χ4n) is 4.63. The highest BCUT2D eigenvalue weighted by Gasteiger charge is 2.35. The van der Waals surface area contributed by atoms with Gasteiger partial charge in [0.25, 0.3) is 5.91 Å². The topological polar surface area (TPSA) is 77.1 Å². The van der Waals surface area contributed by atoms with Crippen molar-refractivity contribution in [1.29, 1.82) is 0 Å². The molecule has 1 N–H and O–H groups in total. The van der Waals surface area contributed by atoms with Gasteiger partial charge in [0.1, 0.15) is 0 Å². The Kier molecular flexibility index (Phi) is 6.93. The Morgan fingerprint density at radius 2 is 1.88 bits per heavy atom. The van der Waals surface area contributed by atoms with Gasteiger partial charge < -0.3 is 19.5 Å². The molecule has 174 valence electrons. The smallest absolute Gasteiger partial charge is 0.252 e. The molecular formula is C25H27BrN2O5. The van der Waals surface area contributed by atoms with Crippen LogP contribution in [-0.2, 0) is 9.59 Å². The van der Waals surface area contributed by atoms with E-state index in [2.05, 4.69) is 27.3 Å². The summed E-state index contributed by atoms with van der Waals surface area (Å²) in [5.74, 6) is 0.906. The normalized spacial score (nSPS) is 17.9. The predicted octanol–water partition coefficient (Wildman–Crippen LogP) is 4.47. The van der Waals surface area contributed by atoms with E-state index in [4.69, 9.17) is 14.2 Å². The first-order valence-corrected chi connectivity index (χ1v) is 11.6. The molecule has 0 saturated heterocycles. The second kappa shape index (κ2) is 9.87. The van der Waals surface area contributed by atoms with Crippen LogP contribution in [0.4, 0.5) is 5.69 Å². The molecular weight excluding hydrogens is 488 g/mol. The number of nitrogens with one attached hydrogen (secondary N) is 1. The number of carbonyl (C=O) groups excluding carboxylic acids is 2. The number of fused-ring (bicyclic) bond motifs is 1. The monoisotopic (exact) mass is 514 g/mol. The first-order valence-electron chi connectivity index (χ1n) is 10.8. The molecule has 2 unspecified atom stereocenters. The SMILES string of the molecule is COc1cc(C(CC(=O)N2CCC=CC2=O)C2CNc3ccc(Br)cc32)cc(OC)c1OC. The minimum atomic E-state index is -0.261. The van der Waals surface area contributed by atoms with Gasteiger partial charge in [0.2, 0.25) is 11.7 Å². The highest BCUT2D eigenvalue weighted by Crippen LogP contribution is 2.47. The van der Waals surface area contributed by atoms with Gasteiger partial charge in [0, 0.05) is 41.5 Å². The molecule has 0 bridgehead atoms. The third kappa shape index (κ3) is 4.57. The van der Waals surface area contributed by atoms with Crippen LogP contribution in [0.2, 0.25) is 0 Å². The number of carbonyl (C=O) groups is 2. The molecule has 2 amide bonds. The molecule has 0 aromatic heterocycles. The lowest BCUT2D eigenvalue weighted by atomic mass is 9.80. The highest BCUT2D eigenvalue weighted by atomic mass is 79.9. The maximum atomic E-state index is 13.3. The molecule has 2 aliphatic heterocycles. The molecule has 7 nitrogen and oxygen atoms in total. The van der Waals surface area contributed by atoms with E-state index in [1.165, 1.54) is 11.0 Å². The fourth-order valence-corrected chi connectivity index (χ4v) is 5.01. The van der Waals surface area contributed by atoms with Gasteiger partial charge in [0.05, 0.1) is 21.3 Å². The van der Waals surface area contributed by atoms with Crippen molar-refractivity contribution in [3.63, 3.8) is 0 Å². The number of imide groups is 1. The fraction of sp³-hybridized carbons (Fsp3) is 0.360. The quantitative estimate of drug-likeness (QED) is 0.587. The van der Waals surface area contributed by atoms with Crippen molar-refractivity contribution >= 4 is 33.4 Å². The van der Waals surface area contributed by atoms with Crippen LogP contribution >= 0.6 is 15.9 Å². The van der Waals surface area contributed by atoms with Gasteiger partial charge in [-0.2, -0.15) is 0 Å². The van der Waals surface area contributed by atoms with E-state index in [0.717, 1.165) is 21.3 Å². The minimum absolute atomic E-state index is 0.0136. The van der Waals surface area contributed by atoms with Gasteiger partial charge in [0.15, 0.2) is 11.5 Å². The van der Waals surface area contributed by atoms with Crippen LogP contribution in [0.3, 0.4) is 0 Å². The van der Waals surface area contributed by atoms with Crippen molar-refractivity contribution in [2.24, 2.45) is 0 Å². The summed E-state index contributed by atoms with van der Waals surface area (Å²) in [5.41, 5.74) is 3.06. The van der Waals surface area contributed by atoms with Crippen molar-refractivity contribution in [2.75, 3.05) is 39.7 Å². The Hall–Kier alpha value is -3.00. The number of anilines is 1. The van der Waals surface area contributed by atoms with Gasteiger partial charge in [-0.25, -0.2) is 0 Å². The molecule has 4 rings (SSSR count). The van der Waals surface area contributed by atoms with Crippen molar-refractivity contribution in [3.8, 4) is 17.2 Å². The van der Waals surface area contributed by atoms with E-state index in [9.17, 15) is 9.59 Å². The van der Waals surface area contributed by atoms with Crippen LogP contribution in [0, 0.1) is 0 Å². The first kappa shape index (κ1) is 23.2. The Balaban J connectivity index is 1.77. The number of rotatable bonds is 7. The maximum absolute atomic E-state index is 13.3. The molecule has 0 saturated carbocycles. The van der Waals surface area contributed by atoms with Crippen LogP contribution in [0.15, 0.2) is 47.0 Å². The second-order valence-corrected chi connectivity index (χ2v) is 8.98. The van der Waals surface area contributed by atoms with Gasteiger partial charge in [-0.1, -0.05) is 22.0 Å². The Morgan fingerprint density at radius 3 is 2.52 bits per heavy atom. The largest absolute Gasteiger partial charge is 0.493 e. The summed E-state index contributed by atoms with van der Waals surface area (Å²) in [7, 11) is 4.71. The number of hydrogen-bond donors (Lipinski definition) is 1. The molecule has 0 spiro atoms. The molecule has 33 heavy (non-hydrogen) atoms. The summed E-state index contributed by atoms with van der Waals surface area (Å²) in [6.07, 6.45) is 4.13. The maximum Gasteiger partial charge on any atom is 0.252 e. The summed E-state index contributed by atoms with van der Waals surface area (Å²) >= 11 is 3.57. The predicted molar refractivity (Wildman–Crippen MR) is 129 cm³/mol. The average molecular weight is 515 g/mol. The number of amides is 2. The van der Waals surface area contributed by atoms with Crippen LogP contribution in [-0.4, -0.2) is 51.1 Å². The molecule has 2 aromatic rings. The third-order valence-corrected chi connectivity index (χ3v) is 6.76. The van der Waals surface area contributed by atoms with Crippen LogP contribution in [0.25, 0.3) is 0 Å². The van der Waals surface area contributed by atoms with Crippen molar-refractivity contribution in [2.45, 2.75) is 24.7 Å². The van der Waals surface area contributed by atoms with Gasteiger partial charge in [-0.3, -0.25) is 14.5 Å². The minimum Gasteiger partial charge on any atom is -0.493 e. The number of nitrogens with zero attached hydrogens (tertiary/aromatic N) is 1.